The predicted octanol–water partition coefficient (Wildman–Crippen LogP) is 4.78. The van der Waals surface area contributed by atoms with Crippen LogP contribution in [0.15, 0.2) is 83.3 Å². The zero-order valence-corrected chi connectivity index (χ0v) is 18.3. The molecule has 0 bridgehead atoms. The van der Waals surface area contributed by atoms with Crippen molar-refractivity contribution in [1.29, 1.82) is 0 Å². The van der Waals surface area contributed by atoms with Gasteiger partial charge in [0.15, 0.2) is 0 Å². The summed E-state index contributed by atoms with van der Waals surface area (Å²) in [5.74, 6) is -0.0486. The number of benzene rings is 3. The fourth-order valence-electron chi connectivity index (χ4n) is 3.25. The van der Waals surface area contributed by atoms with Crippen molar-refractivity contribution < 1.29 is 24.1 Å². The molecule has 0 heterocycles. The Hall–Kier alpha value is -2.67. The lowest BCUT2D eigenvalue weighted by atomic mass is 9.84. The molecule has 0 spiro atoms. The minimum atomic E-state index is -1.76. The van der Waals surface area contributed by atoms with Gasteiger partial charge >= 0.3 is 5.97 Å². The van der Waals surface area contributed by atoms with E-state index in [0.717, 1.165) is 10.0 Å². The molecule has 0 saturated heterocycles. The van der Waals surface area contributed by atoms with E-state index in [-0.39, 0.29) is 6.61 Å². The van der Waals surface area contributed by atoms with Gasteiger partial charge in [0.1, 0.15) is 11.9 Å². The zero-order chi connectivity index (χ0) is 21.6. The summed E-state index contributed by atoms with van der Waals surface area (Å²) in [6.45, 7) is 0.110. The Bertz CT molecular complexity index is 957. The lowest BCUT2D eigenvalue weighted by Crippen LogP contribution is -2.45. The highest BCUT2D eigenvalue weighted by molar-refractivity contribution is 9.10. The summed E-state index contributed by atoms with van der Waals surface area (Å²) in [5.41, 5.74) is 0.0821. The first kappa shape index (κ1) is 22.0. The van der Waals surface area contributed by atoms with Gasteiger partial charge in [0.25, 0.3) is 0 Å². The van der Waals surface area contributed by atoms with Gasteiger partial charge in [-0.25, -0.2) is 4.79 Å². The number of ether oxygens (including phenoxy) is 3. The monoisotopic (exact) mass is 470 g/mol. The topological polar surface area (TPSA) is 65.0 Å². The first-order valence-electron chi connectivity index (χ1n) is 9.35. The molecule has 0 amide bonds. The molecule has 0 saturated carbocycles. The average molecular weight is 471 g/mol. The minimum absolute atomic E-state index is 0.110. The first-order chi connectivity index (χ1) is 14.5. The summed E-state index contributed by atoms with van der Waals surface area (Å²) in [6, 6.07) is 23.4. The van der Waals surface area contributed by atoms with Gasteiger partial charge in [0.05, 0.1) is 20.8 Å². The minimum Gasteiger partial charge on any atom is -0.497 e. The van der Waals surface area contributed by atoms with Gasteiger partial charge in [0.2, 0.25) is 5.60 Å². The van der Waals surface area contributed by atoms with E-state index >= 15 is 0 Å². The van der Waals surface area contributed by atoms with E-state index in [1.165, 1.54) is 7.11 Å². The van der Waals surface area contributed by atoms with Gasteiger partial charge in [-0.05, 0) is 41.0 Å². The van der Waals surface area contributed by atoms with Gasteiger partial charge in [-0.3, -0.25) is 0 Å². The quantitative estimate of drug-likeness (QED) is 0.480. The van der Waals surface area contributed by atoms with Crippen LogP contribution in [0.25, 0.3) is 0 Å². The van der Waals surface area contributed by atoms with Crippen molar-refractivity contribution in [2.75, 3.05) is 14.2 Å². The van der Waals surface area contributed by atoms with E-state index in [2.05, 4.69) is 15.9 Å². The van der Waals surface area contributed by atoms with Crippen LogP contribution in [0.3, 0.4) is 0 Å². The molecule has 5 nitrogen and oxygen atoms in total. The van der Waals surface area contributed by atoms with Crippen LogP contribution in [0, 0.1) is 0 Å². The summed E-state index contributed by atoms with van der Waals surface area (Å²) in [6.07, 6.45) is -1.32. The van der Waals surface area contributed by atoms with Crippen LogP contribution < -0.4 is 4.74 Å². The van der Waals surface area contributed by atoms with Crippen molar-refractivity contribution in [3.63, 3.8) is 0 Å². The van der Waals surface area contributed by atoms with Gasteiger partial charge in [-0.1, -0.05) is 70.5 Å². The molecule has 0 aromatic heterocycles. The maximum Gasteiger partial charge on any atom is 0.346 e. The van der Waals surface area contributed by atoms with Crippen molar-refractivity contribution in [2.24, 2.45) is 0 Å². The molecule has 3 aromatic carbocycles. The van der Waals surface area contributed by atoms with E-state index in [0.29, 0.717) is 16.9 Å². The fourth-order valence-corrected chi connectivity index (χ4v) is 3.51. The zero-order valence-electron chi connectivity index (χ0n) is 16.7. The highest BCUT2D eigenvalue weighted by Crippen LogP contribution is 2.41. The molecule has 2 atom stereocenters. The van der Waals surface area contributed by atoms with Gasteiger partial charge in [-0.15, -0.1) is 0 Å². The summed E-state index contributed by atoms with van der Waals surface area (Å²) in [4.78, 5) is 13.1. The van der Waals surface area contributed by atoms with Crippen LogP contribution >= 0.6 is 15.9 Å². The van der Waals surface area contributed by atoms with E-state index in [1.54, 1.807) is 55.6 Å². The molecule has 3 rings (SSSR count). The highest BCUT2D eigenvalue weighted by atomic mass is 79.9. The Morgan fingerprint density at radius 1 is 0.967 bits per heavy atom. The van der Waals surface area contributed by atoms with Crippen LogP contribution in [0.2, 0.25) is 0 Å². The average Bonchev–Trinajstić information content (AvgIpc) is 2.80. The predicted molar refractivity (Wildman–Crippen MR) is 117 cm³/mol. The van der Waals surface area contributed by atoms with Crippen molar-refractivity contribution >= 4 is 21.9 Å². The number of carbonyl (C=O) groups excluding carboxylic acids is 1. The summed E-state index contributed by atoms with van der Waals surface area (Å²) in [5, 5.41) is 11.4. The Labute approximate surface area is 184 Å². The molecule has 0 fully saturated rings. The maximum absolute atomic E-state index is 13.1. The lowest BCUT2D eigenvalue weighted by Gasteiger charge is -2.36. The Balaban J connectivity index is 2.10. The molecule has 0 radical (unpaired) electrons. The van der Waals surface area contributed by atoms with Crippen LogP contribution in [0.4, 0.5) is 0 Å². The second-order valence-corrected chi connectivity index (χ2v) is 7.60. The Morgan fingerprint density at radius 3 is 2.17 bits per heavy atom. The van der Waals surface area contributed by atoms with E-state index in [4.69, 9.17) is 14.2 Å². The van der Waals surface area contributed by atoms with Crippen molar-refractivity contribution in [3.05, 3.63) is 100 Å². The molecule has 1 N–H and O–H groups in total. The first-order valence-corrected chi connectivity index (χ1v) is 10.1. The summed E-state index contributed by atoms with van der Waals surface area (Å²) in [7, 11) is 2.84. The third-order valence-electron chi connectivity index (χ3n) is 4.89. The number of hydrogen-bond donors (Lipinski definition) is 1. The van der Waals surface area contributed by atoms with E-state index < -0.39 is 17.7 Å². The normalized spacial score (nSPS) is 13.9. The highest BCUT2D eigenvalue weighted by Gasteiger charge is 2.50. The van der Waals surface area contributed by atoms with Crippen molar-refractivity contribution in [2.45, 2.75) is 18.3 Å². The van der Waals surface area contributed by atoms with Gasteiger partial charge in [0, 0.05) is 4.47 Å². The second-order valence-electron chi connectivity index (χ2n) is 6.68. The summed E-state index contributed by atoms with van der Waals surface area (Å²) < 4.78 is 17.3. The molecule has 0 aliphatic carbocycles. The molecule has 3 aromatic rings. The molecule has 0 aliphatic heterocycles. The number of methoxy groups -OCH3 is 2. The standard InChI is InChI=1S/C24H23BrO5/c1-28-21-14-8-18(9-15-21)22(26)24(23(27)29-2,19-10-12-20(25)13-11-19)30-16-17-6-4-3-5-7-17/h3-15,22,26H,16H2,1-2H3/t22-,24-/m0/s1. The largest absolute Gasteiger partial charge is 0.497 e. The second kappa shape index (κ2) is 9.89. The lowest BCUT2D eigenvalue weighted by molar-refractivity contribution is -0.194. The van der Waals surface area contributed by atoms with E-state index in [1.807, 2.05) is 30.3 Å². The van der Waals surface area contributed by atoms with Crippen LogP contribution in [0.1, 0.15) is 22.8 Å². The van der Waals surface area contributed by atoms with E-state index in [9.17, 15) is 9.90 Å². The third-order valence-corrected chi connectivity index (χ3v) is 5.42. The van der Waals surface area contributed by atoms with Crippen LogP contribution in [-0.4, -0.2) is 25.3 Å². The Kier molecular flexibility index (Phi) is 7.26. The molecule has 0 aliphatic rings. The number of aliphatic hydroxyl groups excluding tert-OH is 1. The summed E-state index contributed by atoms with van der Waals surface area (Å²) >= 11 is 3.41. The maximum atomic E-state index is 13.1. The molecule has 6 heteroatoms. The number of halogens is 1. The number of esters is 1. The van der Waals surface area contributed by atoms with Crippen molar-refractivity contribution in [1.82, 2.24) is 0 Å². The SMILES string of the molecule is COC(=O)[C@](OCc1ccccc1)(c1ccc(Br)cc1)[C@@H](O)c1ccc(OC)cc1. The van der Waals surface area contributed by atoms with Crippen molar-refractivity contribution in [3.8, 4) is 5.75 Å². The smallest absolute Gasteiger partial charge is 0.346 e. The van der Waals surface area contributed by atoms with Gasteiger partial charge < -0.3 is 19.3 Å². The fraction of sp³-hybridized carbons (Fsp3) is 0.208. The number of carbonyl (C=O) groups is 1. The number of aliphatic hydroxyl groups is 1. The number of rotatable bonds is 8. The molecular weight excluding hydrogens is 448 g/mol. The van der Waals surface area contributed by atoms with Crippen LogP contribution in [0.5, 0.6) is 5.75 Å². The molecular formula is C24H23BrO5. The molecule has 30 heavy (non-hydrogen) atoms. The molecule has 0 unspecified atom stereocenters. The van der Waals surface area contributed by atoms with Crippen LogP contribution in [-0.2, 0) is 26.5 Å². The third kappa shape index (κ3) is 4.56. The van der Waals surface area contributed by atoms with Gasteiger partial charge in [-0.2, -0.15) is 0 Å². The Morgan fingerprint density at radius 2 is 1.60 bits per heavy atom. The number of hydrogen-bond acceptors (Lipinski definition) is 5. The molecule has 156 valence electrons.